The molecule has 2 rings (SSSR count). The Morgan fingerprint density at radius 3 is 2.00 bits per heavy atom. The minimum Gasteiger partial charge on any atom is -0.479 e. The Morgan fingerprint density at radius 1 is 1.08 bits per heavy atom. The van der Waals surface area contributed by atoms with E-state index >= 15 is 0 Å². The van der Waals surface area contributed by atoms with E-state index in [0.717, 1.165) is 19.1 Å². The van der Waals surface area contributed by atoms with Crippen LogP contribution < -0.4 is 0 Å². The van der Waals surface area contributed by atoms with Gasteiger partial charge in [-0.05, 0) is 37.1 Å². The molecule has 0 saturated carbocycles. The van der Waals surface area contributed by atoms with E-state index < -0.39 is 40.5 Å². The topological polar surface area (TPSA) is 74.6 Å². The Kier molecular flexibility index (Phi) is 4.80. The first kappa shape index (κ1) is 17.7. The zero-order valence-electron chi connectivity index (χ0n) is 13.1. The average Bonchev–Trinajstić information content (AvgIpc) is 2.46. The Morgan fingerprint density at radius 2 is 1.58 bits per heavy atom. The molecule has 0 aromatic heterocycles. The second-order valence-electron chi connectivity index (χ2n) is 5.63. The summed E-state index contributed by atoms with van der Waals surface area (Å²) in [6, 6.07) is 9.37. The number of Topliss-reactive ketones (excluding diaryl/α,β-unsaturated/α-hetero) is 1. The zero-order chi connectivity index (χ0) is 18.1. The van der Waals surface area contributed by atoms with Crippen LogP contribution in [0.3, 0.4) is 0 Å². The molecule has 2 unspecified atom stereocenters. The van der Waals surface area contributed by atoms with Crippen molar-refractivity contribution in [2.24, 2.45) is 0 Å². The van der Waals surface area contributed by atoms with Crippen molar-refractivity contribution in [1.29, 1.82) is 0 Å². The van der Waals surface area contributed by atoms with Crippen LogP contribution in [0.5, 0.6) is 0 Å². The normalized spacial score (nSPS) is 14.7. The molecule has 0 fully saturated rings. The summed E-state index contributed by atoms with van der Waals surface area (Å²) >= 11 is 0. The van der Waals surface area contributed by atoms with Gasteiger partial charge >= 0.3 is 5.97 Å². The number of ketones is 1. The van der Waals surface area contributed by atoms with Gasteiger partial charge in [0, 0.05) is 0 Å². The number of carboxylic acids is 1. The number of aliphatic hydroxyl groups is 1. The van der Waals surface area contributed by atoms with Gasteiger partial charge < -0.3 is 10.2 Å². The summed E-state index contributed by atoms with van der Waals surface area (Å²) in [7, 11) is 0. The standard InChI is InChI=1S/C18H16F2O4/c1-10-8-13(19)16(14(20)9-10)18(24,17(22)23)15(11(2)21)12-6-4-3-5-7-12/h3-9,15,24H,1-2H3,(H,22,23). The van der Waals surface area contributed by atoms with Crippen molar-refractivity contribution in [3.63, 3.8) is 0 Å². The number of hydrogen-bond donors (Lipinski definition) is 2. The van der Waals surface area contributed by atoms with Gasteiger partial charge in [-0.3, -0.25) is 4.79 Å². The number of carboxylic acid groups (broad SMARTS) is 1. The van der Waals surface area contributed by atoms with Gasteiger partial charge in [-0.15, -0.1) is 0 Å². The Bertz CT molecular complexity index is 766. The van der Waals surface area contributed by atoms with E-state index in [-0.39, 0.29) is 11.1 Å². The fourth-order valence-corrected chi connectivity index (χ4v) is 2.85. The van der Waals surface area contributed by atoms with Crippen LogP contribution in [0.25, 0.3) is 0 Å². The van der Waals surface area contributed by atoms with Gasteiger partial charge in [-0.25, -0.2) is 13.6 Å². The number of halogens is 2. The molecule has 0 bridgehead atoms. The van der Waals surface area contributed by atoms with E-state index in [2.05, 4.69) is 0 Å². The summed E-state index contributed by atoms with van der Waals surface area (Å²) in [6.45, 7) is 2.49. The molecule has 2 aromatic rings. The van der Waals surface area contributed by atoms with E-state index in [0.29, 0.717) is 0 Å². The summed E-state index contributed by atoms with van der Waals surface area (Å²) < 4.78 is 28.7. The summed E-state index contributed by atoms with van der Waals surface area (Å²) in [5.41, 5.74) is -3.76. The minimum atomic E-state index is -3.07. The SMILES string of the molecule is CC(=O)C(c1ccccc1)C(O)(C(=O)O)c1c(F)cc(C)cc1F. The van der Waals surface area contributed by atoms with Gasteiger partial charge in [0.25, 0.3) is 0 Å². The first-order chi connectivity index (χ1) is 11.2. The zero-order valence-corrected chi connectivity index (χ0v) is 13.1. The van der Waals surface area contributed by atoms with Crippen LogP contribution in [-0.4, -0.2) is 22.0 Å². The summed E-state index contributed by atoms with van der Waals surface area (Å²) in [5, 5.41) is 20.3. The maximum atomic E-state index is 14.3. The molecule has 0 aliphatic carbocycles. The molecule has 2 N–H and O–H groups in total. The van der Waals surface area contributed by atoms with Crippen molar-refractivity contribution in [3.8, 4) is 0 Å². The number of carbonyl (C=O) groups excluding carboxylic acids is 1. The average molecular weight is 334 g/mol. The fraction of sp³-hybridized carbons (Fsp3) is 0.222. The van der Waals surface area contributed by atoms with Crippen LogP contribution in [0.15, 0.2) is 42.5 Å². The lowest BCUT2D eigenvalue weighted by Crippen LogP contribution is -2.46. The molecule has 126 valence electrons. The van der Waals surface area contributed by atoms with Crippen LogP contribution in [0.4, 0.5) is 8.78 Å². The summed E-state index contributed by atoms with van der Waals surface area (Å²) in [6.07, 6.45) is 0. The second-order valence-corrected chi connectivity index (χ2v) is 5.63. The maximum Gasteiger partial charge on any atom is 0.341 e. The lowest BCUT2D eigenvalue weighted by molar-refractivity contribution is -0.165. The van der Waals surface area contributed by atoms with Crippen molar-refractivity contribution in [1.82, 2.24) is 0 Å². The van der Waals surface area contributed by atoms with Crippen molar-refractivity contribution >= 4 is 11.8 Å². The molecule has 0 heterocycles. The smallest absolute Gasteiger partial charge is 0.341 e. The Hall–Kier alpha value is -2.60. The van der Waals surface area contributed by atoms with E-state index in [1.165, 1.54) is 31.2 Å². The lowest BCUT2D eigenvalue weighted by atomic mass is 9.74. The first-order valence-electron chi connectivity index (χ1n) is 7.16. The Balaban J connectivity index is 2.80. The van der Waals surface area contributed by atoms with Crippen LogP contribution in [-0.2, 0) is 15.2 Å². The summed E-state index contributed by atoms with van der Waals surface area (Å²) in [5.74, 6) is -6.75. The van der Waals surface area contributed by atoms with Crippen molar-refractivity contribution in [3.05, 3.63) is 70.8 Å². The molecule has 2 aromatic carbocycles. The van der Waals surface area contributed by atoms with Gasteiger partial charge in [0.1, 0.15) is 17.4 Å². The van der Waals surface area contributed by atoms with E-state index in [9.17, 15) is 28.6 Å². The molecule has 0 amide bonds. The second kappa shape index (κ2) is 6.49. The number of hydrogen-bond acceptors (Lipinski definition) is 3. The van der Waals surface area contributed by atoms with E-state index in [4.69, 9.17) is 0 Å². The van der Waals surface area contributed by atoms with Crippen LogP contribution in [0.2, 0.25) is 0 Å². The van der Waals surface area contributed by atoms with Gasteiger partial charge in [-0.2, -0.15) is 0 Å². The van der Waals surface area contributed by atoms with Crippen LogP contribution in [0, 0.1) is 18.6 Å². The number of rotatable bonds is 5. The predicted octanol–water partition coefficient (Wildman–Crippen LogP) is 2.92. The molecule has 4 nitrogen and oxygen atoms in total. The van der Waals surface area contributed by atoms with Crippen molar-refractivity contribution in [2.45, 2.75) is 25.4 Å². The molecule has 0 spiro atoms. The highest BCUT2D eigenvalue weighted by molar-refractivity contribution is 5.93. The maximum absolute atomic E-state index is 14.3. The van der Waals surface area contributed by atoms with Crippen LogP contribution in [0.1, 0.15) is 29.5 Å². The molecular formula is C18H16F2O4. The van der Waals surface area contributed by atoms with Crippen molar-refractivity contribution in [2.75, 3.05) is 0 Å². The summed E-state index contributed by atoms with van der Waals surface area (Å²) in [4.78, 5) is 23.9. The van der Waals surface area contributed by atoms with Gasteiger partial charge in [0.2, 0.25) is 5.60 Å². The minimum absolute atomic E-state index is 0.147. The molecule has 0 saturated heterocycles. The lowest BCUT2D eigenvalue weighted by Gasteiger charge is -2.32. The van der Waals surface area contributed by atoms with Gasteiger partial charge in [0.05, 0.1) is 11.5 Å². The molecule has 2 atom stereocenters. The number of benzene rings is 2. The molecule has 24 heavy (non-hydrogen) atoms. The molecule has 6 heteroatoms. The Labute approximate surface area is 137 Å². The van der Waals surface area contributed by atoms with Gasteiger partial charge in [0.15, 0.2) is 0 Å². The predicted molar refractivity (Wildman–Crippen MR) is 82.5 cm³/mol. The van der Waals surface area contributed by atoms with E-state index in [1.807, 2.05) is 0 Å². The number of aryl methyl sites for hydroxylation is 1. The molecule has 0 aliphatic rings. The molecular weight excluding hydrogens is 318 g/mol. The number of carbonyl (C=O) groups is 2. The highest BCUT2D eigenvalue weighted by Crippen LogP contribution is 2.40. The third-order valence-corrected chi connectivity index (χ3v) is 3.85. The third kappa shape index (κ3) is 2.92. The highest BCUT2D eigenvalue weighted by Gasteiger charge is 2.52. The monoisotopic (exact) mass is 334 g/mol. The van der Waals surface area contributed by atoms with E-state index in [1.54, 1.807) is 6.07 Å². The largest absolute Gasteiger partial charge is 0.479 e. The van der Waals surface area contributed by atoms with Crippen molar-refractivity contribution < 1.29 is 28.6 Å². The number of aliphatic carboxylic acids is 1. The van der Waals surface area contributed by atoms with Crippen LogP contribution >= 0.6 is 0 Å². The fourth-order valence-electron chi connectivity index (χ4n) is 2.85. The van der Waals surface area contributed by atoms with Gasteiger partial charge in [-0.1, -0.05) is 30.3 Å². The molecule has 0 radical (unpaired) electrons. The highest BCUT2D eigenvalue weighted by atomic mass is 19.1. The molecule has 0 aliphatic heterocycles. The first-order valence-corrected chi connectivity index (χ1v) is 7.16. The third-order valence-electron chi connectivity index (χ3n) is 3.85. The quantitative estimate of drug-likeness (QED) is 0.882.